The Morgan fingerprint density at radius 3 is 1.05 bits per heavy atom. The largest absolute Gasteiger partial charge is 4.00 e. The molecule has 2 aromatic carbocycles. The van der Waals surface area contributed by atoms with E-state index in [9.17, 15) is 0 Å². The van der Waals surface area contributed by atoms with Gasteiger partial charge in [-0.25, -0.2) is 24.3 Å². The van der Waals surface area contributed by atoms with Gasteiger partial charge < -0.3 is 48.0 Å². The summed E-state index contributed by atoms with van der Waals surface area (Å²) < 4.78 is 0. The van der Waals surface area contributed by atoms with Gasteiger partial charge in [0.1, 0.15) is 0 Å². The topological polar surface area (TPSA) is 0 Å². The Morgan fingerprint density at radius 1 is 0.619 bits per heavy atom. The molecule has 0 nitrogen and oxygen atoms in total. The predicted molar refractivity (Wildman–Crippen MR) is 81.2 cm³/mol. The molecule has 0 atom stereocenters. The molecular weight excluding hydrogens is 648 g/mol. The van der Waals surface area contributed by atoms with E-state index in [1.165, 1.54) is 24.0 Å². The summed E-state index contributed by atoms with van der Waals surface area (Å²) >= 11 is 0. The quantitative estimate of drug-likeness (QED) is 0.227. The van der Waals surface area contributed by atoms with E-state index < -0.39 is 0 Å². The van der Waals surface area contributed by atoms with Gasteiger partial charge in [-0.15, -0.1) is 0 Å². The summed E-state index contributed by atoms with van der Waals surface area (Å²) in [6, 6.07) is 17.1. The molecule has 0 fully saturated rings. The molecule has 0 aromatic heterocycles. The van der Waals surface area contributed by atoms with Crippen molar-refractivity contribution in [1.82, 2.24) is 0 Å². The molecular formula is C18H26HfI2. The molecule has 116 valence electrons. The van der Waals surface area contributed by atoms with Crippen molar-refractivity contribution < 1.29 is 73.8 Å². The van der Waals surface area contributed by atoms with Gasteiger partial charge in [0.15, 0.2) is 0 Å². The van der Waals surface area contributed by atoms with E-state index in [4.69, 9.17) is 0 Å². The van der Waals surface area contributed by atoms with Crippen molar-refractivity contribution in [3.63, 3.8) is 0 Å². The second kappa shape index (κ2) is 15.9. The zero-order chi connectivity index (χ0) is 13.4. The van der Waals surface area contributed by atoms with E-state index >= 15 is 0 Å². The first-order valence-electron chi connectivity index (χ1n) is 6.99. The van der Waals surface area contributed by atoms with Crippen LogP contribution in [0.15, 0.2) is 48.5 Å². The van der Waals surface area contributed by atoms with Crippen LogP contribution in [0.3, 0.4) is 0 Å². The minimum absolute atomic E-state index is 0. The SMILES string of the molecule is CC(C)C[c-]1cccc1.CC(C)C[c-]1cccc1.[Hf+4].[I-].[I-]. The van der Waals surface area contributed by atoms with E-state index in [0.717, 1.165) is 11.8 Å². The molecule has 2 aromatic rings. The van der Waals surface area contributed by atoms with Gasteiger partial charge in [0, 0.05) is 0 Å². The van der Waals surface area contributed by atoms with Gasteiger partial charge in [-0.1, -0.05) is 52.4 Å². The van der Waals surface area contributed by atoms with Crippen molar-refractivity contribution in [2.24, 2.45) is 11.8 Å². The van der Waals surface area contributed by atoms with Gasteiger partial charge in [-0.2, -0.15) is 35.4 Å². The van der Waals surface area contributed by atoms with Gasteiger partial charge in [0.2, 0.25) is 0 Å². The van der Waals surface area contributed by atoms with Gasteiger partial charge in [-0.3, -0.25) is 0 Å². The van der Waals surface area contributed by atoms with Crippen molar-refractivity contribution in [2.75, 3.05) is 0 Å². The molecule has 0 heterocycles. The minimum atomic E-state index is 0. The molecule has 0 aliphatic rings. The first kappa shape index (κ1) is 26.9. The van der Waals surface area contributed by atoms with Crippen LogP contribution in [0.25, 0.3) is 0 Å². The van der Waals surface area contributed by atoms with Crippen molar-refractivity contribution in [3.05, 3.63) is 59.7 Å². The zero-order valence-corrected chi connectivity index (χ0v) is 21.4. The fourth-order valence-electron chi connectivity index (χ4n) is 2.04. The number of hydrogen-bond donors (Lipinski definition) is 0. The van der Waals surface area contributed by atoms with Crippen molar-refractivity contribution >= 4 is 0 Å². The number of hydrogen-bond acceptors (Lipinski definition) is 0. The normalized spacial score (nSPS) is 9.05. The Balaban J connectivity index is -0.000000270. The Hall–Kier alpha value is 1.03. The second-order valence-electron chi connectivity index (χ2n) is 5.78. The number of rotatable bonds is 4. The summed E-state index contributed by atoms with van der Waals surface area (Å²) in [4.78, 5) is 0. The maximum absolute atomic E-state index is 2.24. The summed E-state index contributed by atoms with van der Waals surface area (Å²) in [6.45, 7) is 8.97. The monoisotopic (exact) mass is 676 g/mol. The molecule has 21 heavy (non-hydrogen) atoms. The van der Waals surface area contributed by atoms with Crippen molar-refractivity contribution in [1.29, 1.82) is 0 Å². The minimum Gasteiger partial charge on any atom is -1.00 e. The molecule has 3 heteroatoms. The second-order valence-corrected chi connectivity index (χ2v) is 5.78. The molecule has 0 saturated heterocycles. The van der Waals surface area contributed by atoms with Crippen LogP contribution >= 0.6 is 0 Å². The Labute approximate surface area is 184 Å². The predicted octanol–water partition coefficient (Wildman–Crippen LogP) is -0.786. The van der Waals surface area contributed by atoms with E-state index in [1.807, 2.05) is 0 Å². The average molecular weight is 675 g/mol. The third-order valence-corrected chi connectivity index (χ3v) is 2.75. The molecule has 0 amide bonds. The first-order chi connectivity index (χ1) is 8.58. The maximum atomic E-state index is 2.24. The van der Waals surface area contributed by atoms with Gasteiger partial charge in [-0.05, 0) is 0 Å². The third-order valence-electron chi connectivity index (χ3n) is 2.75. The molecule has 0 bridgehead atoms. The standard InChI is InChI=1S/2C9H13.Hf.2HI/c2*1-8(2)7-9-5-3-4-6-9;;;/h2*3-6,8H,7H2,1-2H3;;2*1H/q2*-1;+4;;/p-2. The molecule has 0 saturated carbocycles. The molecule has 0 aliphatic heterocycles. The molecule has 2 rings (SSSR count). The summed E-state index contributed by atoms with van der Waals surface area (Å²) in [7, 11) is 0. The zero-order valence-electron chi connectivity index (χ0n) is 13.4. The van der Waals surface area contributed by atoms with Crippen LogP contribution in [0.5, 0.6) is 0 Å². The summed E-state index contributed by atoms with van der Waals surface area (Å²) in [6.07, 6.45) is 2.43. The Bertz CT molecular complexity index is 349. The van der Waals surface area contributed by atoms with Crippen LogP contribution in [0.1, 0.15) is 38.8 Å². The average Bonchev–Trinajstić information content (AvgIpc) is 2.90. The van der Waals surface area contributed by atoms with Crippen LogP contribution in [0.4, 0.5) is 0 Å². The molecule has 0 radical (unpaired) electrons. The summed E-state index contributed by atoms with van der Waals surface area (Å²) in [5.41, 5.74) is 2.93. The van der Waals surface area contributed by atoms with Gasteiger partial charge >= 0.3 is 25.8 Å². The third kappa shape index (κ3) is 14.4. The van der Waals surface area contributed by atoms with E-state index in [2.05, 4.69) is 76.2 Å². The molecule has 0 aliphatic carbocycles. The van der Waals surface area contributed by atoms with Crippen LogP contribution in [0, 0.1) is 11.8 Å². The fourth-order valence-corrected chi connectivity index (χ4v) is 2.04. The first-order valence-corrected chi connectivity index (χ1v) is 6.99. The van der Waals surface area contributed by atoms with Crippen LogP contribution < -0.4 is 48.0 Å². The Morgan fingerprint density at radius 2 is 0.857 bits per heavy atom. The molecule has 0 unspecified atom stereocenters. The summed E-state index contributed by atoms with van der Waals surface area (Å²) in [5, 5.41) is 0. The summed E-state index contributed by atoms with van der Waals surface area (Å²) in [5.74, 6) is 1.57. The van der Waals surface area contributed by atoms with Crippen molar-refractivity contribution in [3.8, 4) is 0 Å². The molecule has 0 spiro atoms. The smallest absolute Gasteiger partial charge is 1.00 e. The maximum Gasteiger partial charge on any atom is 4.00 e. The van der Waals surface area contributed by atoms with Crippen molar-refractivity contribution in [2.45, 2.75) is 40.5 Å². The van der Waals surface area contributed by atoms with E-state index in [1.54, 1.807) is 0 Å². The van der Waals surface area contributed by atoms with Gasteiger partial charge in [0.05, 0.1) is 0 Å². The van der Waals surface area contributed by atoms with E-state index in [0.29, 0.717) is 0 Å². The van der Waals surface area contributed by atoms with Crippen LogP contribution in [0.2, 0.25) is 0 Å². The van der Waals surface area contributed by atoms with Gasteiger partial charge in [0.25, 0.3) is 0 Å². The van der Waals surface area contributed by atoms with Crippen LogP contribution in [-0.4, -0.2) is 0 Å². The molecule has 0 N–H and O–H groups in total. The Kier molecular flexibility index (Phi) is 20.4. The van der Waals surface area contributed by atoms with Crippen LogP contribution in [-0.2, 0) is 38.7 Å². The number of halogens is 2. The van der Waals surface area contributed by atoms with E-state index in [-0.39, 0.29) is 73.8 Å². The fraction of sp³-hybridized carbons (Fsp3) is 0.444.